The average molecular weight is 310 g/mol. The Kier molecular flexibility index (Phi) is 5.66. The summed E-state index contributed by atoms with van der Waals surface area (Å²) in [6.45, 7) is 1.44. The van der Waals surface area contributed by atoms with E-state index in [-0.39, 0.29) is 17.3 Å². The van der Waals surface area contributed by atoms with Crippen LogP contribution in [0.5, 0.6) is 0 Å². The van der Waals surface area contributed by atoms with E-state index in [1.807, 2.05) is 0 Å². The van der Waals surface area contributed by atoms with Crippen molar-refractivity contribution in [3.05, 3.63) is 24.3 Å². The van der Waals surface area contributed by atoms with Gasteiger partial charge in [-0.15, -0.1) is 12.4 Å². The minimum Gasteiger partial charge on any atom is -0.330 e. The lowest BCUT2D eigenvalue weighted by atomic mass is 9.99. The molecule has 108 valence electrons. The molecule has 0 aliphatic carbocycles. The fourth-order valence-electron chi connectivity index (χ4n) is 2.07. The molecule has 5 nitrogen and oxygen atoms in total. The van der Waals surface area contributed by atoms with Crippen LogP contribution in [-0.2, 0) is 10.0 Å². The molecule has 1 saturated heterocycles. The summed E-state index contributed by atoms with van der Waals surface area (Å²) in [5.41, 5.74) is 5.56. The van der Waals surface area contributed by atoms with Gasteiger partial charge in [0.2, 0.25) is 10.0 Å². The normalized spacial score (nSPS) is 18.0. The van der Waals surface area contributed by atoms with Crippen molar-refractivity contribution in [1.29, 1.82) is 0 Å². The summed E-state index contributed by atoms with van der Waals surface area (Å²) in [7, 11) is -3.63. The van der Waals surface area contributed by atoms with Gasteiger partial charge in [0.25, 0.3) is 0 Å². The Hall–Kier alpha value is -0.760. The number of halogens is 2. The van der Waals surface area contributed by atoms with Gasteiger partial charge < -0.3 is 5.73 Å². The third kappa shape index (κ3) is 3.62. The van der Waals surface area contributed by atoms with Crippen molar-refractivity contribution < 1.29 is 12.8 Å². The second-order valence-electron chi connectivity index (χ2n) is 4.42. The number of pyridine rings is 1. The van der Waals surface area contributed by atoms with Crippen molar-refractivity contribution >= 4 is 22.4 Å². The summed E-state index contributed by atoms with van der Waals surface area (Å²) in [4.78, 5) is 3.49. The summed E-state index contributed by atoms with van der Waals surface area (Å²) < 4.78 is 38.8. The highest BCUT2D eigenvalue weighted by molar-refractivity contribution is 7.89. The molecule has 0 amide bonds. The molecule has 8 heteroatoms. The molecule has 0 saturated carbocycles. The molecule has 0 atom stereocenters. The Morgan fingerprint density at radius 3 is 2.53 bits per heavy atom. The summed E-state index contributed by atoms with van der Waals surface area (Å²) in [5, 5.41) is 0. The minimum atomic E-state index is -3.63. The first-order valence-electron chi connectivity index (χ1n) is 5.85. The molecule has 2 rings (SSSR count). The van der Waals surface area contributed by atoms with Gasteiger partial charge in [0.15, 0.2) is 0 Å². The van der Waals surface area contributed by atoms with Crippen molar-refractivity contribution in [2.24, 2.45) is 11.7 Å². The zero-order valence-corrected chi connectivity index (χ0v) is 12.0. The van der Waals surface area contributed by atoms with Crippen LogP contribution in [0.4, 0.5) is 4.39 Å². The molecule has 1 aliphatic heterocycles. The molecule has 1 aromatic rings. The van der Waals surface area contributed by atoms with Crippen LogP contribution in [0, 0.1) is 11.7 Å². The molecule has 0 aromatic carbocycles. The van der Waals surface area contributed by atoms with E-state index in [9.17, 15) is 12.8 Å². The molecule has 0 radical (unpaired) electrons. The van der Waals surface area contributed by atoms with E-state index in [0.29, 0.717) is 25.6 Å². The molecule has 2 heterocycles. The fraction of sp³-hybridized carbons (Fsp3) is 0.545. The third-order valence-corrected chi connectivity index (χ3v) is 5.09. The number of piperidine rings is 1. The number of nitrogens with zero attached hydrogens (tertiary/aromatic N) is 2. The lowest BCUT2D eigenvalue weighted by Crippen LogP contribution is -2.40. The van der Waals surface area contributed by atoms with Crippen molar-refractivity contribution in [2.45, 2.75) is 17.7 Å². The van der Waals surface area contributed by atoms with Gasteiger partial charge in [-0.1, -0.05) is 0 Å². The maximum Gasteiger partial charge on any atom is 0.244 e. The highest BCUT2D eigenvalue weighted by Crippen LogP contribution is 2.23. The van der Waals surface area contributed by atoms with E-state index in [2.05, 4.69) is 4.98 Å². The van der Waals surface area contributed by atoms with Crippen molar-refractivity contribution in [3.8, 4) is 0 Å². The summed E-state index contributed by atoms with van der Waals surface area (Å²) in [5.74, 6) is -0.269. The monoisotopic (exact) mass is 309 g/mol. The quantitative estimate of drug-likeness (QED) is 0.904. The van der Waals surface area contributed by atoms with Crippen LogP contribution >= 0.6 is 12.4 Å². The Morgan fingerprint density at radius 2 is 2.00 bits per heavy atom. The van der Waals surface area contributed by atoms with Gasteiger partial charge in [0, 0.05) is 19.3 Å². The van der Waals surface area contributed by atoms with E-state index < -0.39 is 15.8 Å². The number of sulfonamides is 1. The first kappa shape index (κ1) is 16.3. The van der Waals surface area contributed by atoms with Crippen LogP contribution in [-0.4, -0.2) is 37.3 Å². The number of aromatic nitrogens is 1. The largest absolute Gasteiger partial charge is 0.330 e. The van der Waals surface area contributed by atoms with Crippen LogP contribution in [0.25, 0.3) is 0 Å². The van der Waals surface area contributed by atoms with Gasteiger partial charge in [0.05, 0.1) is 6.20 Å². The van der Waals surface area contributed by atoms with Crippen molar-refractivity contribution in [1.82, 2.24) is 9.29 Å². The fourth-order valence-corrected chi connectivity index (χ4v) is 3.51. The summed E-state index contributed by atoms with van der Waals surface area (Å²) in [6, 6.07) is 0.997. The highest BCUT2D eigenvalue weighted by atomic mass is 35.5. The van der Waals surface area contributed by atoms with Gasteiger partial charge in [-0.2, -0.15) is 4.31 Å². The lowest BCUT2D eigenvalue weighted by Gasteiger charge is -2.30. The Balaban J connectivity index is 0.00000180. The maximum absolute atomic E-state index is 13.0. The van der Waals surface area contributed by atoms with Gasteiger partial charge in [-0.25, -0.2) is 12.8 Å². The topological polar surface area (TPSA) is 76.3 Å². The van der Waals surface area contributed by atoms with E-state index >= 15 is 0 Å². The van der Waals surface area contributed by atoms with Gasteiger partial charge in [-0.05, 0) is 31.4 Å². The van der Waals surface area contributed by atoms with Crippen LogP contribution in [0.15, 0.2) is 23.4 Å². The number of hydrogen-bond donors (Lipinski definition) is 1. The lowest BCUT2D eigenvalue weighted by molar-refractivity contribution is 0.278. The van der Waals surface area contributed by atoms with Crippen LogP contribution in [0.1, 0.15) is 12.8 Å². The average Bonchev–Trinajstić information content (AvgIpc) is 2.39. The molecule has 1 aliphatic rings. The minimum absolute atomic E-state index is 0. The van der Waals surface area contributed by atoms with Gasteiger partial charge in [0.1, 0.15) is 10.7 Å². The second kappa shape index (κ2) is 6.60. The number of nitrogens with two attached hydrogens (primary N) is 1. The standard InChI is InChI=1S/C11H16FN3O2S.ClH/c12-10-5-11(8-14-7-10)18(16,17)15-3-1-9(6-13)2-4-15;/h5,7-9H,1-4,6,13H2;1H. The van der Waals surface area contributed by atoms with E-state index in [1.54, 1.807) is 0 Å². The van der Waals surface area contributed by atoms with Crippen LogP contribution in [0.3, 0.4) is 0 Å². The predicted molar refractivity (Wildman–Crippen MR) is 72.0 cm³/mol. The zero-order valence-electron chi connectivity index (χ0n) is 10.3. The Labute approximate surface area is 118 Å². The van der Waals surface area contributed by atoms with E-state index in [0.717, 1.165) is 25.1 Å². The molecular formula is C11H17ClFN3O2S. The summed E-state index contributed by atoms with van der Waals surface area (Å²) in [6.07, 6.45) is 3.66. The second-order valence-corrected chi connectivity index (χ2v) is 6.36. The Morgan fingerprint density at radius 1 is 1.37 bits per heavy atom. The van der Waals surface area contributed by atoms with E-state index in [1.165, 1.54) is 10.5 Å². The zero-order chi connectivity index (χ0) is 13.2. The predicted octanol–water partition coefficient (Wildman–Crippen LogP) is 1.00. The SMILES string of the molecule is Cl.NCC1CCN(S(=O)(=O)c2cncc(F)c2)CC1. The number of rotatable bonds is 3. The maximum atomic E-state index is 13.0. The first-order valence-corrected chi connectivity index (χ1v) is 7.29. The van der Waals surface area contributed by atoms with E-state index in [4.69, 9.17) is 5.73 Å². The Bertz CT molecular complexity index is 518. The van der Waals surface area contributed by atoms with Crippen LogP contribution < -0.4 is 5.73 Å². The molecule has 0 spiro atoms. The summed E-state index contributed by atoms with van der Waals surface area (Å²) >= 11 is 0. The van der Waals surface area contributed by atoms with Crippen LogP contribution in [0.2, 0.25) is 0 Å². The highest BCUT2D eigenvalue weighted by Gasteiger charge is 2.29. The molecular weight excluding hydrogens is 293 g/mol. The molecule has 1 fully saturated rings. The molecule has 0 bridgehead atoms. The van der Waals surface area contributed by atoms with Gasteiger partial charge >= 0.3 is 0 Å². The molecule has 1 aromatic heterocycles. The smallest absolute Gasteiger partial charge is 0.244 e. The van der Waals surface area contributed by atoms with Crippen molar-refractivity contribution in [2.75, 3.05) is 19.6 Å². The number of hydrogen-bond acceptors (Lipinski definition) is 4. The third-order valence-electron chi connectivity index (χ3n) is 3.22. The molecule has 19 heavy (non-hydrogen) atoms. The molecule has 0 unspecified atom stereocenters. The molecule has 2 N–H and O–H groups in total. The first-order chi connectivity index (χ1) is 8.54. The van der Waals surface area contributed by atoms with Gasteiger partial charge in [-0.3, -0.25) is 4.98 Å². The van der Waals surface area contributed by atoms with Crippen molar-refractivity contribution in [3.63, 3.8) is 0 Å².